The highest BCUT2D eigenvalue weighted by Gasteiger charge is 2.09. The third-order valence-electron chi connectivity index (χ3n) is 3.13. The molecule has 3 rings (SSSR count). The Morgan fingerprint density at radius 1 is 1.18 bits per heavy atom. The summed E-state index contributed by atoms with van der Waals surface area (Å²) in [6, 6.07) is 11.8. The number of aromatic amines is 1. The molecule has 0 bridgehead atoms. The first-order valence-electron chi connectivity index (χ1n) is 6.55. The lowest BCUT2D eigenvalue weighted by Gasteiger charge is -2.06. The van der Waals surface area contributed by atoms with Gasteiger partial charge in [0.05, 0.1) is 11.9 Å². The van der Waals surface area contributed by atoms with Crippen LogP contribution in [0.3, 0.4) is 0 Å². The number of aromatic nitrogens is 3. The minimum absolute atomic E-state index is 0.0887. The van der Waals surface area contributed by atoms with Crippen LogP contribution in [0.1, 0.15) is 15.9 Å². The van der Waals surface area contributed by atoms with Gasteiger partial charge in [-0.1, -0.05) is 17.3 Å². The third kappa shape index (κ3) is 2.93. The highest BCUT2D eigenvalue weighted by molar-refractivity contribution is 6.05. The van der Waals surface area contributed by atoms with Gasteiger partial charge in [0.25, 0.3) is 5.91 Å². The van der Waals surface area contributed by atoms with Crippen molar-refractivity contribution in [2.45, 2.75) is 6.42 Å². The van der Waals surface area contributed by atoms with Crippen LogP contribution in [0.4, 0.5) is 5.69 Å². The van der Waals surface area contributed by atoms with Crippen molar-refractivity contribution in [2.75, 3.05) is 5.32 Å². The van der Waals surface area contributed by atoms with E-state index in [0.717, 1.165) is 5.52 Å². The predicted molar refractivity (Wildman–Crippen MR) is 79.6 cm³/mol. The summed E-state index contributed by atoms with van der Waals surface area (Å²) in [7, 11) is 0. The topological polar surface area (TPSA) is 108 Å². The quantitative estimate of drug-likeness (QED) is 0.680. The Morgan fingerprint density at radius 2 is 2.05 bits per heavy atom. The van der Waals surface area contributed by atoms with Gasteiger partial charge in [-0.15, -0.1) is 5.10 Å². The van der Waals surface area contributed by atoms with Crippen molar-refractivity contribution < 1.29 is 14.7 Å². The van der Waals surface area contributed by atoms with E-state index in [1.807, 2.05) is 0 Å². The van der Waals surface area contributed by atoms with Crippen molar-refractivity contribution in [3.8, 4) is 0 Å². The summed E-state index contributed by atoms with van der Waals surface area (Å²) in [5.41, 5.74) is 2.97. The molecule has 110 valence electrons. The van der Waals surface area contributed by atoms with Crippen LogP contribution in [-0.2, 0) is 11.2 Å². The number of benzene rings is 2. The van der Waals surface area contributed by atoms with Crippen molar-refractivity contribution in [3.63, 3.8) is 0 Å². The molecule has 7 nitrogen and oxygen atoms in total. The van der Waals surface area contributed by atoms with Gasteiger partial charge in [0.1, 0.15) is 5.52 Å². The number of nitrogens with zero attached hydrogens (tertiary/aromatic N) is 2. The van der Waals surface area contributed by atoms with Gasteiger partial charge in [0.2, 0.25) is 0 Å². The number of anilines is 1. The van der Waals surface area contributed by atoms with Gasteiger partial charge in [-0.2, -0.15) is 0 Å². The first-order chi connectivity index (χ1) is 10.6. The summed E-state index contributed by atoms with van der Waals surface area (Å²) < 4.78 is 0. The summed E-state index contributed by atoms with van der Waals surface area (Å²) >= 11 is 0. The summed E-state index contributed by atoms with van der Waals surface area (Å²) in [5, 5.41) is 21.8. The molecule has 0 saturated carbocycles. The third-order valence-corrected chi connectivity index (χ3v) is 3.13. The molecule has 1 amide bonds. The van der Waals surface area contributed by atoms with E-state index in [0.29, 0.717) is 22.3 Å². The Labute approximate surface area is 125 Å². The molecule has 0 saturated heterocycles. The normalized spacial score (nSPS) is 10.5. The van der Waals surface area contributed by atoms with Gasteiger partial charge in [-0.05, 0) is 35.9 Å². The van der Waals surface area contributed by atoms with Crippen molar-refractivity contribution >= 4 is 28.6 Å². The molecular weight excluding hydrogens is 284 g/mol. The highest BCUT2D eigenvalue weighted by atomic mass is 16.4. The van der Waals surface area contributed by atoms with E-state index >= 15 is 0 Å². The number of carbonyl (C=O) groups is 2. The zero-order valence-corrected chi connectivity index (χ0v) is 11.4. The monoisotopic (exact) mass is 296 g/mol. The molecule has 1 aromatic heterocycles. The number of hydrogen-bond acceptors (Lipinski definition) is 4. The van der Waals surface area contributed by atoms with E-state index in [-0.39, 0.29) is 12.3 Å². The fourth-order valence-corrected chi connectivity index (χ4v) is 2.12. The smallest absolute Gasteiger partial charge is 0.307 e. The Morgan fingerprint density at radius 3 is 2.86 bits per heavy atom. The number of amides is 1. The molecule has 0 fully saturated rings. The van der Waals surface area contributed by atoms with Crippen LogP contribution in [0.15, 0.2) is 42.5 Å². The number of H-pyrrole nitrogens is 1. The van der Waals surface area contributed by atoms with E-state index in [2.05, 4.69) is 20.7 Å². The standard InChI is InChI=1S/C15H12N4O3/c20-14(21)7-9-2-1-3-11(6-9)16-15(22)10-4-5-12-13(8-10)18-19-17-12/h1-6,8H,7H2,(H,16,22)(H,20,21)(H,17,18,19). The van der Waals surface area contributed by atoms with Gasteiger partial charge in [0, 0.05) is 11.3 Å². The van der Waals surface area contributed by atoms with Crippen molar-refractivity contribution in [3.05, 3.63) is 53.6 Å². The maximum atomic E-state index is 12.2. The summed E-state index contributed by atoms with van der Waals surface area (Å²) in [5.74, 6) is -1.21. The van der Waals surface area contributed by atoms with Crippen molar-refractivity contribution in [1.29, 1.82) is 0 Å². The van der Waals surface area contributed by atoms with E-state index < -0.39 is 5.97 Å². The molecule has 2 aromatic carbocycles. The fourth-order valence-electron chi connectivity index (χ4n) is 2.12. The lowest BCUT2D eigenvalue weighted by molar-refractivity contribution is -0.136. The largest absolute Gasteiger partial charge is 0.481 e. The van der Waals surface area contributed by atoms with Gasteiger partial charge in [-0.25, -0.2) is 0 Å². The summed E-state index contributed by atoms with van der Waals surface area (Å²) in [4.78, 5) is 22.9. The van der Waals surface area contributed by atoms with E-state index in [9.17, 15) is 9.59 Å². The second-order valence-corrected chi connectivity index (χ2v) is 4.77. The average molecular weight is 296 g/mol. The van der Waals surface area contributed by atoms with Crippen LogP contribution >= 0.6 is 0 Å². The SMILES string of the molecule is O=C(O)Cc1cccc(NC(=O)c2ccc3[nH]nnc3c2)c1. The van der Waals surface area contributed by atoms with E-state index in [1.54, 1.807) is 42.5 Å². The summed E-state index contributed by atoms with van der Waals surface area (Å²) in [6.07, 6.45) is -0.0887. The van der Waals surface area contributed by atoms with Gasteiger partial charge < -0.3 is 10.4 Å². The predicted octanol–water partition coefficient (Wildman–Crippen LogP) is 1.84. The molecule has 3 N–H and O–H groups in total. The molecule has 0 radical (unpaired) electrons. The lowest BCUT2D eigenvalue weighted by atomic mass is 10.1. The van der Waals surface area contributed by atoms with Crippen LogP contribution in [0, 0.1) is 0 Å². The van der Waals surface area contributed by atoms with Crippen LogP contribution < -0.4 is 5.32 Å². The molecule has 0 atom stereocenters. The van der Waals surface area contributed by atoms with E-state index in [4.69, 9.17) is 5.11 Å². The molecule has 3 aromatic rings. The van der Waals surface area contributed by atoms with Crippen LogP contribution in [-0.4, -0.2) is 32.4 Å². The fraction of sp³-hybridized carbons (Fsp3) is 0.0667. The average Bonchev–Trinajstić information content (AvgIpc) is 2.94. The molecule has 0 spiro atoms. The first-order valence-corrected chi connectivity index (χ1v) is 6.55. The number of nitrogens with one attached hydrogen (secondary N) is 2. The number of fused-ring (bicyclic) bond motifs is 1. The number of carboxylic acid groups (broad SMARTS) is 1. The molecular formula is C15H12N4O3. The molecule has 0 unspecified atom stereocenters. The van der Waals surface area contributed by atoms with Crippen LogP contribution in [0.2, 0.25) is 0 Å². The Balaban J connectivity index is 1.79. The summed E-state index contributed by atoms with van der Waals surface area (Å²) in [6.45, 7) is 0. The molecule has 7 heteroatoms. The maximum absolute atomic E-state index is 12.2. The Kier molecular flexibility index (Phi) is 3.53. The van der Waals surface area contributed by atoms with Crippen LogP contribution in [0.5, 0.6) is 0 Å². The van der Waals surface area contributed by atoms with Gasteiger partial charge in [0.15, 0.2) is 0 Å². The molecule has 22 heavy (non-hydrogen) atoms. The number of carbonyl (C=O) groups excluding carboxylic acids is 1. The zero-order valence-electron chi connectivity index (χ0n) is 11.4. The molecule has 0 aliphatic rings. The first kappa shape index (κ1) is 13.7. The van der Waals surface area contributed by atoms with Gasteiger partial charge in [-0.3, -0.25) is 14.7 Å². The van der Waals surface area contributed by atoms with E-state index in [1.165, 1.54) is 0 Å². The minimum atomic E-state index is -0.917. The zero-order chi connectivity index (χ0) is 15.5. The number of hydrogen-bond donors (Lipinski definition) is 3. The number of aliphatic carboxylic acids is 1. The maximum Gasteiger partial charge on any atom is 0.307 e. The second-order valence-electron chi connectivity index (χ2n) is 4.77. The highest BCUT2D eigenvalue weighted by Crippen LogP contribution is 2.15. The minimum Gasteiger partial charge on any atom is -0.481 e. The van der Waals surface area contributed by atoms with Crippen molar-refractivity contribution in [1.82, 2.24) is 15.4 Å². The second kappa shape index (κ2) is 5.65. The van der Waals surface area contributed by atoms with Crippen molar-refractivity contribution in [2.24, 2.45) is 0 Å². The number of rotatable bonds is 4. The molecule has 0 aliphatic carbocycles. The lowest BCUT2D eigenvalue weighted by Crippen LogP contribution is -2.12. The molecule has 0 aliphatic heterocycles. The van der Waals surface area contributed by atoms with Crippen LogP contribution in [0.25, 0.3) is 11.0 Å². The van der Waals surface area contributed by atoms with Gasteiger partial charge >= 0.3 is 5.97 Å². The Hall–Kier alpha value is -3.22. The number of carboxylic acids is 1. The Bertz CT molecular complexity index is 857. The molecule has 1 heterocycles.